The molecule has 0 aromatic carbocycles. The Morgan fingerprint density at radius 3 is 2.33 bits per heavy atom. The normalized spacial score (nSPS) is 45.0. The smallest absolute Gasteiger partial charge is 0.0386 e. The van der Waals surface area contributed by atoms with Crippen LogP contribution in [0.1, 0.15) is 33.1 Å². The van der Waals surface area contributed by atoms with Gasteiger partial charge >= 0.3 is 0 Å². The van der Waals surface area contributed by atoms with Crippen LogP contribution in [0.2, 0.25) is 0 Å². The third-order valence-corrected chi connectivity index (χ3v) is 2.88. The lowest BCUT2D eigenvalue weighted by Crippen LogP contribution is -2.21. The SMILES string of the molecule is [CH2]C1CCCC(C)C1C. The molecule has 3 unspecified atom stereocenters. The van der Waals surface area contributed by atoms with Crippen molar-refractivity contribution in [2.45, 2.75) is 33.1 Å². The lowest BCUT2D eigenvalue weighted by Gasteiger charge is -2.31. The molecule has 0 spiro atoms. The van der Waals surface area contributed by atoms with E-state index in [9.17, 15) is 0 Å². The van der Waals surface area contributed by atoms with Gasteiger partial charge in [0, 0.05) is 0 Å². The highest BCUT2D eigenvalue weighted by Crippen LogP contribution is 2.33. The van der Waals surface area contributed by atoms with Gasteiger partial charge in [-0.05, 0) is 24.7 Å². The maximum absolute atomic E-state index is 4.13. The van der Waals surface area contributed by atoms with Gasteiger partial charge in [0.1, 0.15) is 0 Å². The average molecular weight is 125 g/mol. The van der Waals surface area contributed by atoms with E-state index in [2.05, 4.69) is 20.8 Å². The fourth-order valence-electron chi connectivity index (χ4n) is 1.69. The van der Waals surface area contributed by atoms with Crippen LogP contribution < -0.4 is 0 Å². The maximum Gasteiger partial charge on any atom is -0.0386 e. The molecule has 0 saturated heterocycles. The Hall–Kier alpha value is 0. The van der Waals surface area contributed by atoms with E-state index in [4.69, 9.17) is 0 Å². The minimum absolute atomic E-state index is 0.730. The summed E-state index contributed by atoms with van der Waals surface area (Å²) in [6.45, 7) is 8.81. The Morgan fingerprint density at radius 2 is 1.89 bits per heavy atom. The van der Waals surface area contributed by atoms with Crippen molar-refractivity contribution in [2.75, 3.05) is 0 Å². The summed E-state index contributed by atoms with van der Waals surface area (Å²) in [6, 6.07) is 0. The molecule has 1 fully saturated rings. The van der Waals surface area contributed by atoms with E-state index in [0.29, 0.717) is 0 Å². The van der Waals surface area contributed by atoms with Crippen molar-refractivity contribution in [2.24, 2.45) is 17.8 Å². The van der Waals surface area contributed by atoms with E-state index in [1.54, 1.807) is 0 Å². The molecule has 1 saturated carbocycles. The molecule has 9 heavy (non-hydrogen) atoms. The van der Waals surface area contributed by atoms with Gasteiger partial charge in [0.15, 0.2) is 0 Å². The first kappa shape index (κ1) is 7.11. The summed E-state index contributed by atoms with van der Waals surface area (Å²) in [7, 11) is 0. The second kappa shape index (κ2) is 2.72. The van der Waals surface area contributed by atoms with Crippen molar-refractivity contribution in [1.82, 2.24) is 0 Å². The van der Waals surface area contributed by atoms with Crippen LogP contribution in [0, 0.1) is 24.7 Å². The molecule has 0 heteroatoms. The van der Waals surface area contributed by atoms with Gasteiger partial charge in [-0.25, -0.2) is 0 Å². The molecule has 0 N–H and O–H groups in total. The summed E-state index contributed by atoms with van der Waals surface area (Å²) in [4.78, 5) is 0. The van der Waals surface area contributed by atoms with E-state index in [-0.39, 0.29) is 0 Å². The molecule has 1 aliphatic rings. The Balaban J connectivity index is 2.41. The van der Waals surface area contributed by atoms with Crippen molar-refractivity contribution in [3.63, 3.8) is 0 Å². The van der Waals surface area contributed by atoms with Crippen molar-refractivity contribution >= 4 is 0 Å². The van der Waals surface area contributed by atoms with Gasteiger partial charge in [0.05, 0.1) is 0 Å². The van der Waals surface area contributed by atoms with E-state index in [1.165, 1.54) is 19.3 Å². The van der Waals surface area contributed by atoms with Crippen LogP contribution in [0.15, 0.2) is 0 Å². The molecule has 0 nitrogen and oxygen atoms in total. The molecular weight excluding hydrogens is 108 g/mol. The molecule has 1 aliphatic carbocycles. The van der Waals surface area contributed by atoms with Crippen molar-refractivity contribution < 1.29 is 0 Å². The second-order valence-corrected chi connectivity index (χ2v) is 3.53. The second-order valence-electron chi connectivity index (χ2n) is 3.53. The van der Waals surface area contributed by atoms with Crippen molar-refractivity contribution in [1.29, 1.82) is 0 Å². The summed E-state index contributed by atoms with van der Waals surface area (Å²) in [5.41, 5.74) is 0. The molecule has 1 rings (SSSR count). The predicted molar refractivity (Wildman–Crippen MR) is 41.0 cm³/mol. The summed E-state index contributed by atoms with van der Waals surface area (Å²) in [6.07, 6.45) is 4.18. The minimum Gasteiger partial charge on any atom is -0.0622 e. The maximum atomic E-state index is 4.13. The monoisotopic (exact) mass is 125 g/mol. The highest BCUT2D eigenvalue weighted by molar-refractivity contribution is 4.77. The Bertz CT molecular complexity index is 76.0. The van der Waals surface area contributed by atoms with Crippen LogP contribution in [0.4, 0.5) is 0 Å². The van der Waals surface area contributed by atoms with Crippen LogP contribution in [0.3, 0.4) is 0 Å². The van der Waals surface area contributed by atoms with Gasteiger partial charge in [0.2, 0.25) is 0 Å². The van der Waals surface area contributed by atoms with Gasteiger partial charge < -0.3 is 0 Å². The third-order valence-electron chi connectivity index (χ3n) is 2.88. The number of hydrogen-bond donors (Lipinski definition) is 0. The van der Waals surface area contributed by atoms with Crippen LogP contribution >= 0.6 is 0 Å². The molecule has 1 radical (unpaired) electrons. The molecule has 0 aliphatic heterocycles. The van der Waals surface area contributed by atoms with Crippen LogP contribution in [-0.2, 0) is 0 Å². The zero-order valence-corrected chi connectivity index (χ0v) is 6.56. The van der Waals surface area contributed by atoms with Gasteiger partial charge in [-0.1, -0.05) is 33.1 Å². The summed E-state index contributed by atoms with van der Waals surface area (Å²) < 4.78 is 0. The van der Waals surface area contributed by atoms with Crippen LogP contribution in [-0.4, -0.2) is 0 Å². The molecule has 0 aromatic heterocycles. The van der Waals surface area contributed by atoms with Crippen LogP contribution in [0.25, 0.3) is 0 Å². The molecule has 0 aromatic rings. The van der Waals surface area contributed by atoms with Gasteiger partial charge in [-0.2, -0.15) is 0 Å². The quantitative estimate of drug-likeness (QED) is 0.467. The number of hydrogen-bond acceptors (Lipinski definition) is 0. The lowest BCUT2D eigenvalue weighted by molar-refractivity contribution is 0.217. The lowest BCUT2D eigenvalue weighted by atomic mass is 9.75. The van der Waals surface area contributed by atoms with Crippen LogP contribution in [0.5, 0.6) is 0 Å². The Kier molecular flexibility index (Phi) is 2.15. The standard InChI is InChI=1S/C9H17/c1-7-5-4-6-8(2)9(7)3/h7-9H,1,4-6H2,2-3H3. The Morgan fingerprint density at radius 1 is 1.22 bits per heavy atom. The largest absolute Gasteiger partial charge is 0.0622 e. The zero-order valence-electron chi connectivity index (χ0n) is 6.56. The third kappa shape index (κ3) is 1.47. The molecular formula is C9H17. The number of rotatable bonds is 0. The van der Waals surface area contributed by atoms with E-state index < -0.39 is 0 Å². The first-order valence-corrected chi connectivity index (χ1v) is 4.05. The first-order chi connectivity index (χ1) is 4.22. The van der Waals surface area contributed by atoms with Gasteiger partial charge in [-0.3, -0.25) is 0 Å². The summed E-state index contributed by atoms with van der Waals surface area (Å²) >= 11 is 0. The van der Waals surface area contributed by atoms with E-state index in [1.807, 2.05) is 0 Å². The molecule has 0 bridgehead atoms. The molecule has 0 heterocycles. The topological polar surface area (TPSA) is 0 Å². The zero-order chi connectivity index (χ0) is 6.85. The highest BCUT2D eigenvalue weighted by atomic mass is 14.3. The summed E-state index contributed by atoms with van der Waals surface area (Å²) in [5, 5.41) is 0. The molecule has 0 amide bonds. The fraction of sp³-hybridized carbons (Fsp3) is 0.889. The van der Waals surface area contributed by atoms with E-state index in [0.717, 1.165) is 17.8 Å². The highest BCUT2D eigenvalue weighted by Gasteiger charge is 2.22. The predicted octanol–water partition coefficient (Wildman–Crippen LogP) is 2.89. The average Bonchev–Trinajstić information content (AvgIpc) is 1.83. The Labute approximate surface area is 58.7 Å². The summed E-state index contributed by atoms with van der Waals surface area (Å²) in [5.74, 6) is 2.51. The molecule has 3 atom stereocenters. The first-order valence-electron chi connectivity index (χ1n) is 4.05. The fourth-order valence-corrected chi connectivity index (χ4v) is 1.69. The van der Waals surface area contributed by atoms with Crippen molar-refractivity contribution in [3.8, 4) is 0 Å². The van der Waals surface area contributed by atoms with Gasteiger partial charge in [0.25, 0.3) is 0 Å². The van der Waals surface area contributed by atoms with E-state index >= 15 is 0 Å². The molecule has 53 valence electrons. The van der Waals surface area contributed by atoms with Gasteiger partial charge in [-0.15, -0.1) is 0 Å². The minimum atomic E-state index is 0.730. The van der Waals surface area contributed by atoms with Crippen molar-refractivity contribution in [3.05, 3.63) is 6.92 Å².